The molecule has 124 heavy (non-hydrogen) atoms. The quantitative estimate of drug-likeness (QED) is 0.0304. The van der Waals surface area contributed by atoms with Crippen molar-refractivity contribution >= 4 is 118 Å². The van der Waals surface area contributed by atoms with Crippen LogP contribution in [0.1, 0.15) is 263 Å². The molecule has 0 aromatic rings. The second-order valence-electron chi connectivity index (χ2n) is 37.2. The molecule has 0 spiro atoms. The van der Waals surface area contributed by atoms with Crippen molar-refractivity contribution in [2.75, 3.05) is 26.2 Å². The van der Waals surface area contributed by atoms with Crippen molar-refractivity contribution in [3.8, 4) is 0 Å². The Morgan fingerprint density at radius 3 is 1.16 bits per heavy atom. The lowest BCUT2D eigenvalue weighted by atomic mass is 9.93. The number of amides is 20. The van der Waals surface area contributed by atoms with Crippen molar-refractivity contribution in [2.24, 2.45) is 35.1 Å². The molecule has 22 N–H and O–H groups in total. The number of carbonyl (C=O) groups excluding carboxylic acids is 20. The summed E-state index contributed by atoms with van der Waals surface area (Å²) in [6.45, 7) is 37.8. The molecule has 1 fully saturated rings. The van der Waals surface area contributed by atoms with Crippen molar-refractivity contribution in [3.05, 3.63) is 0 Å². The summed E-state index contributed by atoms with van der Waals surface area (Å²) in [4.78, 5) is 274. The van der Waals surface area contributed by atoms with Crippen LogP contribution in [0, 0.1) is 23.7 Å². The molecule has 0 bridgehead atoms. The molecule has 11 atom stereocenters. The normalized spacial score (nSPS) is 16.3. The SMILES string of the molecule is CC[C@@](C)(NC(=O)CNC(=O)C(C)(C)NC(=O)[C@H](CC(C)C)NC(=O)[C@@](C)(CC)NC(=O)[C@H](CCC(N)=O)NC(=O)[C@@](C)(CC)NC(=O)[C@H](CC(C)C)NC(=O)[C@H](C)NC(=O)CNC(=O)C(C)(C)NC(C)=O)C(=O)NC(C)(C)C(=O)N1CCC[C@H]1C(=O)N[C@@H](CC(C)C)C(=O)NC(C)(C)C(=O)NC(C)(C)C(=O)N[C@@H](CCC(N)=O)C(=O)N[C@H](CO)CC(C)C. The van der Waals surface area contributed by atoms with Gasteiger partial charge in [-0.3, -0.25) is 95.9 Å². The number of primary amides is 2. The minimum absolute atomic E-state index is 0.0154. The fraction of sp³-hybridized carbons (Fsp3) is 0.759. The van der Waals surface area contributed by atoms with Gasteiger partial charge in [-0.15, -0.1) is 0 Å². The van der Waals surface area contributed by atoms with E-state index in [2.05, 4.69) is 90.4 Å². The molecular formula is C83H146N20O21. The minimum atomic E-state index is -1.85. The van der Waals surface area contributed by atoms with E-state index in [0.29, 0.717) is 12.8 Å². The minimum Gasteiger partial charge on any atom is -0.394 e. The molecule has 1 aliphatic heterocycles. The highest BCUT2D eigenvalue weighted by Crippen LogP contribution is 2.25. The van der Waals surface area contributed by atoms with Crippen molar-refractivity contribution in [1.82, 2.24) is 95.3 Å². The maximum atomic E-state index is 14.5. The van der Waals surface area contributed by atoms with E-state index >= 15 is 0 Å². The summed E-state index contributed by atoms with van der Waals surface area (Å²) in [5, 5.41) is 53.9. The van der Waals surface area contributed by atoms with Crippen LogP contribution in [0.5, 0.6) is 0 Å². The number of likely N-dealkylation sites (tertiary alicyclic amines) is 1. The second kappa shape index (κ2) is 48.0. The summed E-state index contributed by atoms with van der Waals surface area (Å²) in [6.07, 6.45) is -0.595. The third-order valence-electron chi connectivity index (χ3n) is 21.2. The maximum absolute atomic E-state index is 14.5. The van der Waals surface area contributed by atoms with E-state index < -0.39 is 243 Å². The van der Waals surface area contributed by atoms with E-state index in [0.717, 1.165) is 0 Å². The molecule has 1 saturated heterocycles. The van der Waals surface area contributed by atoms with Crippen LogP contribution in [0.3, 0.4) is 0 Å². The van der Waals surface area contributed by atoms with Crippen LogP contribution >= 0.6 is 0 Å². The molecule has 0 saturated carbocycles. The first kappa shape index (κ1) is 111. The zero-order valence-electron chi connectivity index (χ0n) is 77.7. The van der Waals surface area contributed by atoms with Crippen LogP contribution in [0.25, 0.3) is 0 Å². The van der Waals surface area contributed by atoms with Crippen molar-refractivity contribution in [2.45, 2.75) is 356 Å². The lowest BCUT2D eigenvalue weighted by Crippen LogP contribution is -2.66. The average molecular weight is 1760 g/mol. The number of carbonyl (C=O) groups is 20. The molecule has 704 valence electrons. The first-order valence-corrected chi connectivity index (χ1v) is 42.5. The Morgan fingerprint density at radius 2 is 0.734 bits per heavy atom. The smallest absolute Gasteiger partial charge is 0.248 e. The highest BCUT2D eigenvalue weighted by Gasteiger charge is 2.48. The van der Waals surface area contributed by atoms with Crippen LogP contribution in [0.4, 0.5) is 0 Å². The van der Waals surface area contributed by atoms with Gasteiger partial charge in [-0.1, -0.05) is 76.2 Å². The van der Waals surface area contributed by atoms with Gasteiger partial charge in [-0.25, -0.2) is 0 Å². The van der Waals surface area contributed by atoms with Gasteiger partial charge in [-0.05, 0) is 191 Å². The van der Waals surface area contributed by atoms with Crippen LogP contribution < -0.4 is 102 Å². The van der Waals surface area contributed by atoms with Gasteiger partial charge in [0.25, 0.3) is 0 Å². The Bertz CT molecular complexity index is 3860. The van der Waals surface area contributed by atoms with E-state index in [1.807, 2.05) is 13.8 Å². The van der Waals surface area contributed by atoms with Gasteiger partial charge in [0.15, 0.2) is 0 Å². The van der Waals surface area contributed by atoms with Crippen LogP contribution in [-0.4, -0.2) is 247 Å². The molecule has 1 aliphatic rings. The van der Waals surface area contributed by atoms with E-state index in [-0.39, 0.29) is 88.0 Å². The molecular weight excluding hydrogens is 1610 g/mol. The van der Waals surface area contributed by atoms with E-state index in [1.54, 1.807) is 62.3 Å². The molecule has 0 aromatic heterocycles. The number of hydrogen-bond donors (Lipinski definition) is 20. The van der Waals surface area contributed by atoms with Gasteiger partial charge >= 0.3 is 0 Å². The average Bonchev–Trinajstić information content (AvgIpc) is 1.38. The van der Waals surface area contributed by atoms with Crippen LogP contribution in [-0.2, 0) is 95.9 Å². The maximum Gasteiger partial charge on any atom is 0.248 e. The van der Waals surface area contributed by atoms with Gasteiger partial charge < -0.3 is 112 Å². The zero-order valence-corrected chi connectivity index (χ0v) is 77.7. The molecule has 41 heteroatoms. The Kier molecular flexibility index (Phi) is 43.1. The largest absolute Gasteiger partial charge is 0.394 e. The number of nitrogens with two attached hydrogens (primary N) is 2. The fourth-order valence-corrected chi connectivity index (χ4v) is 12.9. The first-order valence-electron chi connectivity index (χ1n) is 42.5. The summed E-state index contributed by atoms with van der Waals surface area (Å²) in [5.74, 6) is -16.6. The topological polar surface area (TPSA) is 621 Å². The molecule has 41 nitrogen and oxygen atoms in total. The zero-order chi connectivity index (χ0) is 96.1. The Morgan fingerprint density at radius 1 is 0.371 bits per heavy atom. The first-order chi connectivity index (χ1) is 56.7. The van der Waals surface area contributed by atoms with Crippen molar-refractivity contribution in [1.29, 1.82) is 0 Å². The van der Waals surface area contributed by atoms with E-state index in [1.165, 1.54) is 109 Å². The van der Waals surface area contributed by atoms with Gasteiger partial charge in [0.1, 0.15) is 86.6 Å². The number of nitrogens with one attached hydrogen (secondary N) is 17. The third kappa shape index (κ3) is 35.9. The summed E-state index contributed by atoms with van der Waals surface area (Å²) in [5.41, 5.74) is -2.91. The van der Waals surface area contributed by atoms with Gasteiger partial charge in [0.2, 0.25) is 118 Å². The molecule has 0 radical (unpaired) electrons. The van der Waals surface area contributed by atoms with Crippen LogP contribution in [0.15, 0.2) is 0 Å². The molecule has 0 unspecified atom stereocenters. The Hall–Kier alpha value is -10.6. The predicted molar refractivity (Wildman–Crippen MR) is 459 cm³/mol. The number of rotatable bonds is 52. The second-order valence-corrected chi connectivity index (χ2v) is 37.2. The number of hydrogen-bond acceptors (Lipinski definition) is 21. The molecule has 1 rings (SSSR count). The lowest BCUT2D eigenvalue weighted by Gasteiger charge is -2.37. The van der Waals surface area contributed by atoms with Crippen molar-refractivity contribution < 1.29 is 101 Å². The van der Waals surface area contributed by atoms with Gasteiger partial charge in [-0.2, -0.15) is 0 Å². The number of aliphatic hydroxyl groups is 1. The Balaban J connectivity index is 3.29. The van der Waals surface area contributed by atoms with Gasteiger partial charge in [0.05, 0.1) is 25.7 Å². The Labute approximate surface area is 728 Å². The van der Waals surface area contributed by atoms with E-state index in [9.17, 15) is 101 Å². The molecule has 20 amide bonds. The number of aliphatic hydroxyl groups excluding tert-OH is 1. The van der Waals surface area contributed by atoms with E-state index in [4.69, 9.17) is 11.5 Å². The highest BCUT2D eigenvalue weighted by atomic mass is 16.3. The monoisotopic (exact) mass is 1760 g/mol. The summed E-state index contributed by atoms with van der Waals surface area (Å²) < 4.78 is 0. The molecule has 0 aromatic carbocycles. The van der Waals surface area contributed by atoms with Gasteiger partial charge in [0, 0.05) is 26.3 Å². The summed E-state index contributed by atoms with van der Waals surface area (Å²) in [6, 6.07) is -9.84. The number of nitrogens with zero attached hydrogens (tertiary/aromatic N) is 1. The standard InChI is InChI=1S/C83H146N20O21/c1-27-81(24,100-66(115)54(39-46(8)9)90-61(110)48(12)88-59(108)41-86-68(117)76(14,15)95-49(13)105)72(121)93-52(33-35-58(85)107)63(112)99-82(25,28-2)73(122)94-55(40-47(10)11)65(114)97-77(16,17)69(118)87-42-60(109)96-83(26,29-3)74(123)102-80(22,23)75(124)103-36-30-31-56(103)67(116)91-53(38-45(6)7)64(113)98-79(20,21)71(120)101-78(18,19)70(119)92-51(32-34-57(84)106)62(111)89-50(43-104)37-44(4)5/h44-48,50-56,104H,27-43H2,1-26H3,(H2,84,106)(H2,85,107)(H,86,117)(H,87,118)(H,88,108)(H,89,111)(H,90,110)(H,91,116)(H,92,119)(H,93,121)(H,94,122)(H,95,105)(H,96,109)(H,97,114)(H,98,113)(H,99,112)(H,100,115)(H,101,120)(H,102,123)/t48-,50-,51-,52-,53-,54-,55-,56-,81+,82+,83+/m0/s1. The lowest BCUT2D eigenvalue weighted by molar-refractivity contribution is -0.146. The molecule has 0 aliphatic carbocycles. The summed E-state index contributed by atoms with van der Waals surface area (Å²) >= 11 is 0. The predicted octanol–water partition coefficient (Wildman–Crippen LogP) is -2.32. The molecule has 1 heterocycles. The van der Waals surface area contributed by atoms with Crippen LogP contribution in [0.2, 0.25) is 0 Å². The highest BCUT2D eigenvalue weighted by molar-refractivity contribution is 6.04. The van der Waals surface area contributed by atoms with Crippen molar-refractivity contribution in [3.63, 3.8) is 0 Å². The summed E-state index contributed by atoms with van der Waals surface area (Å²) in [7, 11) is 0. The fourth-order valence-electron chi connectivity index (χ4n) is 12.9. The third-order valence-corrected chi connectivity index (χ3v) is 21.2.